The molecule has 0 saturated carbocycles. The van der Waals surface area contributed by atoms with Crippen LogP contribution in [0.4, 0.5) is 0 Å². The lowest BCUT2D eigenvalue weighted by atomic mass is 10.2. The van der Waals surface area contributed by atoms with Gasteiger partial charge in [0.05, 0.1) is 17.7 Å². The average molecular weight is 338 g/mol. The molecule has 0 fully saturated rings. The molecule has 24 heavy (non-hydrogen) atoms. The van der Waals surface area contributed by atoms with Crippen LogP contribution in [0.25, 0.3) is 5.82 Å². The van der Waals surface area contributed by atoms with E-state index in [1.54, 1.807) is 23.5 Å². The van der Waals surface area contributed by atoms with Crippen molar-refractivity contribution in [3.05, 3.63) is 57.9 Å². The molecular formula is C16H14N6OS. The fourth-order valence-corrected chi connectivity index (χ4v) is 2.92. The Morgan fingerprint density at radius 2 is 2.29 bits per heavy atom. The van der Waals surface area contributed by atoms with Crippen LogP contribution >= 0.6 is 11.3 Å². The van der Waals surface area contributed by atoms with Gasteiger partial charge in [-0.3, -0.25) is 4.79 Å². The fourth-order valence-electron chi connectivity index (χ4n) is 2.10. The number of nitrogens with one attached hydrogen (secondary N) is 1. The Labute approximate surface area is 142 Å². The van der Waals surface area contributed by atoms with E-state index in [4.69, 9.17) is 5.26 Å². The molecule has 0 aliphatic heterocycles. The zero-order chi connectivity index (χ0) is 16.9. The third-order valence-corrected chi connectivity index (χ3v) is 4.46. The highest BCUT2D eigenvalue weighted by atomic mass is 32.1. The quantitative estimate of drug-likeness (QED) is 0.768. The number of hydrogen-bond acceptors (Lipinski definition) is 6. The lowest BCUT2D eigenvalue weighted by Gasteiger charge is -2.06. The molecular weight excluding hydrogens is 324 g/mol. The monoisotopic (exact) mass is 338 g/mol. The minimum atomic E-state index is -0.145. The molecule has 3 aromatic heterocycles. The molecule has 0 aliphatic rings. The van der Waals surface area contributed by atoms with Crippen molar-refractivity contribution in [2.75, 3.05) is 0 Å². The topological polar surface area (TPSA) is 96.5 Å². The third-order valence-electron chi connectivity index (χ3n) is 3.38. The summed E-state index contributed by atoms with van der Waals surface area (Å²) in [4.78, 5) is 21.7. The Balaban J connectivity index is 1.71. The van der Waals surface area contributed by atoms with E-state index in [1.165, 1.54) is 22.1 Å². The molecule has 8 heteroatoms. The molecule has 3 rings (SSSR count). The van der Waals surface area contributed by atoms with Crippen molar-refractivity contribution in [2.24, 2.45) is 0 Å². The molecule has 7 nitrogen and oxygen atoms in total. The standard InChI is InChI=1S/C16H14N6OS/c1-2-13-5-12(9-24-13)16(23)19-8-15-20-10-21-22(15)14-4-3-11(6-17)7-18-14/h3-5,7,9-10H,2,8H2,1H3,(H,19,23). The van der Waals surface area contributed by atoms with Gasteiger partial charge in [0.15, 0.2) is 11.6 Å². The Morgan fingerprint density at radius 1 is 1.42 bits per heavy atom. The lowest BCUT2D eigenvalue weighted by Crippen LogP contribution is -2.24. The van der Waals surface area contributed by atoms with E-state index in [1.807, 2.05) is 17.5 Å². The van der Waals surface area contributed by atoms with E-state index in [9.17, 15) is 4.79 Å². The van der Waals surface area contributed by atoms with Crippen molar-refractivity contribution < 1.29 is 4.79 Å². The number of carbonyl (C=O) groups is 1. The maximum Gasteiger partial charge on any atom is 0.252 e. The molecule has 0 bridgehead atoms. The SMILES string of the molecule is CCc1cc(C(=O)NCc2ncnn2-c2ccc(C#N)cn2)cs1. The molecule has 0 saturated heterocycles. The molecule has 0 aliphatic carbocycles. The number of pyridine rings is 1. The maximum absolute atomic E-state index is 12.2. The molecule has 0 radical (unpaired) electrons. The highest BCUT2D eigenvalue weighted by Gasteiger charge is 2.12. The van der Waals surface area contributed by atoms with Gasteiger partial charge in [-0.05, 0) is 24.6 Å². The van der Waals surface area contributed by atoms with Crippen molar-refractivity contribution in [2.45, 2.75) is 19.9 Å². The van der Waals surface area contributed by atoms with Crippen molar-refractivity contribution >= 4 is 17.2 Å². The Hall–Kier alpha value is -3.05. The number of rotatable bonds is 5. The Morgan fingerprint density at radius 3 is 2.96 bits per heavy atom. The lowest BCUT2D eigenvalue weighted by molar-refractivity contribution is 0.0950. The van der Waals surface area contributed by atoms with Crippen LogP contribution in [-0.2, 0) is 13.0 Å². The van der Waals surface area contributed by atoms with Crippen LogP contribution in [0.15, 0.2) is 36.1 Å². The Bertz CT molecular complexity index is 890. The number of nitrogens with zero attached hydrogens (tertiary/aromatic N) is 5. The Kier molecular flexibility index (Phi) is 4.63. The van der Waals surface area contributed by atoms with Crippen molar-refractivity contribution in [3.8, 4) is 11.9 Å². The van der Waals surface area contributed by atoms with Gasteiger partial charge >= 0.3 is 0 Å². The first kappa shape index (κ1) is 15.8. The van der Waals surface area contributed by atoms with Crippen molar-refractivity contribution in [1.29, 1.82) is 5.26 Å². The number of aryl methyl sites for hydroxylation is 1. The van der Waals surface area contributed by atoms with Gasteiger partial charge in [0.1, 0.15) is 12.4 Å². The second-order valence-corrected chi connectivity index (χ2v) is 5.94. The highest BCUT2D eigenvalue weighted by molar-refractivity contribution is 7.10. The van der Waals surface area contributed by atoms with Gasteiger partial charge in [0, 0.05) is 16.5 Å². The molecule has 120 valence electrons. The van der Waals surface area contributed by atoms with Crippen LogP contribution in [0, 0.1) is 11.3 Å². The smallest absolute Gasteiger partial charge is 0.252 e. The van der Waals surface area contributed by atoms with Crippen LogP contribution < -0.4 is 5.32 Å². The number of amides is 1. The first-order chi connectivity index (χ1) is 11.7. The molecule has 3 heterocycles. The molecule has 1 amide bonds. The summed E-state index contributed by atoms with van der Waals surface area (Å²) in [6.07, 6.45) is 3.79. The van der Waals surface area contributed by atoms with E-state index in [0.717, 1.165) is 6.42 Å². The van der Waals surface area contributed by atoms with Gasteiger partial charge in [0.25, 0.3) is 5.91 Å². The summed E-state index contributed by atoms with van der Waals surface area (Å²) < 4.78 is 1.53. The summed E-state index contributed by atoms with van der Waals surface area (Å²) in [5, 5.41) is 17.6. The van der Waals surface area contributed by atoms with E-state index in [2.05, 4.69) is 27.3 Å². The number of aromatic nitrogens is 4. The molecule has 0 spiro atoms. The normalized spacial score (nSPS) is 10.3. The summed E-state index contributed by atoms with van der Waals surface area (Å²) in [7, 11) is 0. The number of carbonyl (C=O) groups excluding carboxylic acids is 1. The number of nitriles is 1. The van der Waals surface area contributed by atoms with E-state index >= 15 is 0 Å². The fraction of sp³-hybridized carbons (Fsp3) is 0.188. The first-order valence-corrected chi connectivity index (χ1v) is 8.20. The van der Waals surface area contributed by atoms with E-state index in [-0.39, 0.29) is 12.5 Å². The van der Waals surface area contributed by atoms with Crippen LogP contribution in [-0.4, -0.2) is 25.7 Å². The zero-order valence-electron chi connectivity index (χ0n) is 12.9. The summed E-state index contributed by atoms with van der Waals surface area (Å²) in [5.41, 5.74) is 1.12. The van der Waals surface area contributed by atoms with E-state index in [0.29, 0.717) is 22.8 Å². The van der Waals surface area contributed by atoms with Gasteiger partial charge < -0.3 is 5.32 Å². The van der Waals surface area contributed by atoms with Crippen LogP contribution in [0.5, 0.6) is 0 Å². The van der Waals surface area contributed by atoms with Gasteiger partial charge in [-0.15, -0.1) is 11.3 Å². The van der Waals surface area contributed by atoms with Crippen LogP contribution in [0.3, 0.4) is 0 Å². The zero-order valence-corrected chi connectivity index (χ0v) is 13.7. The van der Waals surface area contributed by atoms with Crippen LogP contribution in [0.2, 0.25) is 0 Å². The predicted molar refractivity (Wildman–Crippen MR) is 88.7 cm³/mol. The summed E-state index contributed by atoms with van der Waals surface area (Å²) in [6.45, 7) is 2.29. The summed E-state index contributed by atoms with van der Waals surface area (Å²) in [6, 6.07) is 7.25. The number of hydrogen-bond donors (Lipinski definition) is 1. The molecule has 3 aromatic rings. The molecule has 1 N–H and O–H groups in total. The summed E-state index contributed by atoms with van der Waals surface area (Å²) in [5.74, 6) is 0.958. The largest absolute Gasteiger partial charge is 0.345 e. The molecule has 0 aromatic carbocycles. The summed E-state index contributed by atoms with van der Waals surface area (Å²) >= 11 is 1.57. The van der Waals surface area contributed by atoms with Crippen molar-refractivity contribution in [3.63, 3.8) is 0 Å². The maximum atomic E-state index is 12.2. The second-order valence-electron chi connectivity index (χ2n) is 4.94. The number of thiophene rings is 1. The molecule has 0 unspecified atom stereocenters. The van der Waals surface area contributed by atoms with Crippen molar-refractivity contribution in [1.82, 2.24) is 25.1 Å². The second kappa shape index (κ2) is 7.02. The third kappa shape index (κ3) is 3.31. The first-order valence-electron chi connectivity index (χ1n) is 7.32. The minimum absolute atomic E-state index is 0.145. The van der Waals surface area contributed by atoms with Gasteiger partial charge in [-0.25, -0.2) is 9.97 Å². The molecule has 0 atom stereocenters. The highest BCUT2D eigenvalue weighted by Crippen LogP contribution is 2.15. The van der Waals surface area contributed by atoms with Gasteiger partial charge in [0.2, 0.25) is 0 Å². The minimum Gasteiger partial charge on any atom is -0.345 e. The van der Waals surface area contributed by atoms with Gasteiger partial charge in [-0.1, -0.05) is 6.92 Å². The van der Waals surface area contributed by atoms with Gasteiger partial charge in [-0.2, -0.15) is 15.0 Å². The van der Waals surface area contributed by atoms with Crippen LogP contribution in [0.1, 0.15) is 33.5 Å². The average Bonchev–Trinajstić information content (AvgIpc) is 3.29. The van der Waals surface area contributed by atoms with E-state index < -0.39 is 0 Å². The predicted octanol–water partition coefficient (Wildman–Crippen LogP) is 2.09.